The molecule has 0 radical (unpaired) electrons. The van der Waals surface area contributed by atoms with E-state index < -0.39 is 0 Å². The molecule has 2 aromatic rings. The average Bonchev–Trinajstić information content (AvgIpc) is 2.29. The topological polar surface area (TPSA) is 97.1 Å². The second-order valence-electron chi connectivity index (χ2n) is 3.33. The molecule has 1 aromatic carbocycles. The molecule has 0 unspecified atom stereocenters. The van der Waals surface area contributed by atoms with Gasteiger partial charge in [-0.2, -0.15) is 4.98 Å². The lowest BCUT2D eigenvalue weighted by Gasteiger charge is -2.08. The predicted octanol–water partition coefficient (Wildman–Crippen LogP) is 2.28. The van der Waals surface area contributed by atoms with Crippen LogP contribution in [0.1, 0.15) is 0 Å². The molecule has 0 fully saturated rings. The normalized spacial score (nSPS) is 10.3. The lowest BCUT2D eigenvalue weighted by Crippen LogP contribution is -2.21. The fourth-order valence-corrected chi connectivity index (χ4v) is 1.66. The smallest absolute Gasteiger partial charge is 0.239 e. The van der Waals surface area contributed by atoms with E-state index >= 15 is 0 Å². The van der Waals surface area contributed by atoms with Crippen molar-refractivity contribution in [2.45, 2.75) is 0 Å². The first-order valence-corrected chi connectivity index (χ1v) is 5.49. The van der Waals surface area contributed by atoms with Crippen molar-refractivity contribution >= 4 is 29.2 Å². The molecule has 0 aliphatic rings. The number of aromatic nitrogens is 2. The number of benzene rings is 1. The van der Waals surface area contributed by atoms with Gasteiger partial charge in [0, 0.05) is 11.1 Å². The summed E-state index contributed by atoms with van der Waals surface area (Å²) in [7, 11) is 0. The minimum Gasteiger partial charge on any atom is -0.437 e. The van der Waals surface area contributed by atoms with Gasteiger partial charge in [-0.1, -0.05) is 23.2 Å². The molecule has 2 rings (SSSR count). The molecular weight excluding hydrogens is 279 g/mol. The van der Waals surface area contributed by atoms with E-state index in [4.69, 9.17) is 39.1 Å². The van der Waals surface area contributed by atoms with E-state index in [1.165, 1.54) is 12.1 Å². The molecule has 6 nitrogen and oxygen atoms in total. The Morgan fingerprint density at radius 1 is 1.33 bits per heavy atom. The summed E-state index contributed by atoms with van der Waals surface area (Å²) in [5, 5.41) is 17.4. The molecule has 0 spiro atoms. The van der Waals surface area contributed by atoms with Crippen molar-refractivity contribution in [3.8, 4) is 11.6 Å². The molecule has 0 atom stereocenters. The first kappa shape index (κ1) is 12.5. The van der Waals surface area contributed by atoms with Crippen LogP contribution in [0.3, 0.4) is 0 Å². The maximum absolute atomic E-state index is 9.23. The summed E-state index contributed by atoms with van der Waals surface area (Å²) < 4.78 is 5.78. The quantitative estimate of drug-likeness (QED) is 0.738. The lowest BCUT2D eigenvalue weighted by molar-refractivity contribution is 0.172. The molecule has 4 N–H and O–H groups in total. The monoisotopic (exact) mass is 286 g/mol. The zero-order valence-electron chi connectivity index (χ0n) is 8.89. The molecule has 0 saturated heterocycles. The number of nitrogens with one attached hydrogen (secondary N) is 1. The van der Waals surface area contributed by atoms with Gasteiger partial charge in [0.25, 0.3) is 0 Å². The Balaban J connectivity index is 2.37. The van der Waals surface area contributed by atoms with Gasteiger partial charge in [-0.05, 0) is 18.2 Å². The molecule has 0 aliphatic carbocycles. The summed E-state index contributed by atoms with van der Waals surface area (Å²) in [6.45, 7) is 0. The zero-order valence-corrected chi connectivity index (χ0v) is 10.4. The van der Waals surface area contributed by atoms with Crippen molar-refractivity contribution in [2.24, 2.45) is 0 Å². The Bertz CT molecular complexity index is 657. The van der Waals surface area contributed by atoms with Gasteiger partial charge in [-0.3, -0.25) is 5.41 Å². The van der Waals surface area contributed by atoms with E-state index in [0.717, 1.165) is 0 Å². The third-order valence-electron chi connectivity index (χ3n) is 2.04. The minimum atomic E-state index is -0.261. The summed E-state index contributed by atoms with van der Waals surface area (Å²) in [5.74, 6) is 0.109. The highest BCUT2D eigenvalue weighted by atomic mass is 35.5. The van der Waals surface area contributed by atoms with Gasteiger partial charge in [0.05, 0.1) is 5.02 Å². The Hall–Kier alpha value is -1.92. The highest BCUT2D eigenvalue weighted by Crippen LogP contribution is 2.30. The van der Waals surface area contributed by atoms with Crippen molar-refractivity contribution in [3.05, 3.63) is 39.8 Å². The number of rotatable bonds is 2. The molecule has 0 saturated carbocycles. The molecule has 18 heavy (non-hydrogen) atoms. The van der Waals surface area contributed by atoms with Crippen LogP contribution in [0.5, 0.6) is 11.6 Å². The van der Waals surface area contributed by atoms with Crippen LogP contribution in [0, 0.1) is 5.41 Å². The number of hydrogen-bond donors (Lipinski definition) is 3. The van der Waals surface area contributed by atoms with Gasteiger partial charge >= 0.3 is 0 Å². The number of hydrogen-bond acceptors (Lipinski definition) is 5. The van der Waals surface area contributed by atoms with Gasteiger partial charge in [0.1, 0.15) is 5.75 Å². The summed E-state index contributed by atoms with van der Waals surface area (Å²) in [5.41, 5.74) is 5.12. The maximum atomic E-state index is 9.23. The van der Waals surface area contributed by atoms with Crippen molar-refractivity contribution in [1.82, 2.24) is 9.71 Å². The first-order chi connectivity index (χ1) is 8.47. The van der Waals surface area contributed by atoms with Crippen molar-refractivity contribution < 1.29 is 9.94 Å². The SMILES string of the molecule is N=c1cc(Oc2ccc(Cl)cc2Cl)nc(N)n1O. The lowest BCUT2D eigenvalue weighted by atomic mass is 10.3. The highest BCUT2D eigenvalue weighted by molar-refractivity contribution is 6.35. The molecular formula is C10H8Cl2N4O2. The van der Waals surface area contributed by atoms with Crippen LogP contribution in [0.2, 0.25) is 10.0 Å². The zero-order chi connectivity index (χ0) is 13.3. The van der Waals surface area contributed by atoms with Crippen molar-refractivity contribution in [3.63, 3.8) is 0 Å². The first-order valence-electron chi connectivity index (χ1n) is 4.73. The number of nitrogen functional groups attached to an aromatic ring is 1. The average molecular weight is 287 g/mol. The molecule has 0 bridgehead atoms. The second-order valence-corrected chi connectivity index (χ2v) is 4.17. The van der Waals surface area contributed by atoms with Gasteiger partial charge in [0.15, 0.2) is 5.49 Å². The van der Waals surface area contributed by atoms with E-state index in [2.05, 4.69) is 4.98 Å². The third-order valence-corrected chi connectivity index (χ3v) is 2.57. The number of anilines is 1. The number of nitrogens with zero attached hydrogens (tertiary/aromatic N) is 2. The van der Waals surface area contributed by atoms with Gasteiger partial charge in [-0.15, -0.1) is 4.73 Å². The van der Waals surface area contributed by atoms with Crippen molar-refractivity contribution in [2.75, 3.05) is 5.73 Å². The van der Waals surface area contributed by atoms with Crippen molar-refractivity contribution in [1.29, 1.82) is 5.41 Å². The molecule has 94 valence electrons. The Labute approximate surface area is 112 Å². The van der Waals surface area contributed by atoms with E-state index in [-0.39, 0.29) is 17.3 Å². The largest absolute Gasteiger partial charge is 0.437 e. The van der Waals surface area contributed by atoms with E-state index in [0.29, 0.717) is 20.5 Å². The van der Waals surface area contributed by atoms with E-state index in [9.17, 15) is 5.21 Å². The van der Waals surface area contributed by atoms with Gasteiger partial charge in [-0.25, -0.2) is 0 Å². The van der Waals surface area contributed by atoms with E-state index in [1.54, 1.807) is 12.1 Å². The summed E-state index contributed by atoms with van der Waals surface area (Å²) >= 11 is 11.7. The summed E-state index contributed by atoms with van der Waals surface area (Å²) in [6, 6.07) is 5.87. The minimum absolute atomic E-state index is 0.0482. The van der Waals surface area contributed by atoms with Crippen LogP contribution in [0.4, 0.5) is 5.95 Å². The van der Waals surface area contributed by atoms with Crippen LogP contribution in [-0.2, 0) is 0 Å². The molecule has 1 aromatic heterocycles. The van der Waals surface area contributed by atoms with Gasteiger partial charge in [0.2, 0.25) is 11.8 Å². The third kappa shape index (κ3) is 2.49. The van der Waals surface area contributed by atoms with E-state index in [1.807, 2.05) is 0 Å². The molecule has 0 amide bonds. The Morgan fingerprint density at radius 2 is 2.06 bits per heavy atom. The van der Waals surface area contributed by atoms with Crippen LogP contribution in [0.25, 0.3) is 0 Å². The Morgan fingerprint density at radius 3 is 2.67 bits per heavy atom. The fourth-order valence-electron chi connectivity index (χ4n) is 1.22. The predicted molar refractivity (Wildman–Crippen MR) is 66.2 cm³/mol. The summed E-state index contributed by atoms with van der Waals surface area (Å²) in [6.07, 6.45) is 0. The molecule has 8 heteroatoms. The Kier molecular flexibility index (Phi) is 3.31. The van der Waals surface area contributed by atoms with Gasteiger partial charge < -0.3 is 15.7 Å². The molecule has 0 aliphatic heterocycles. The number of ether oxygens (including phenoxy) is 1. The number of halogens is 2. The highest BCUT2D eigenvalue weighted by Gasteiger charge is 2.07. The maximum Gasteiger partial charge on any atom is 0.239 e. The van der Waals surface area contributed by atoms with Crippen LogP contribution < -0.4 is 16.0 Å². The molecule has 1 heterocycles. The standard InChI is InChI=1S/C10H8Cl2N4O2/c11-5-1-2-7(6(12)3-5)18-9-4-8(13)16(17)10(14)15-9/h1-4,13,17H,(H2,14,15). The number of nitrogens with two attached hydrogens (primary N) is 1. The van der Waals surface area contributed by atoms with Crippen LogP contribution in [0.15, 0.2) is 24.3 Å². The van der Waals surface area contributed by atoms with Crippen LogP contribution in [-0.4, -0.2) is 14.9 Å². The summed E-state index contributed by atoms with van der Waals surface area (Å²) in [4.78, 5) is 3.75. The van der Waals surface area contributed by atoms with Crippen LogP contribution >= 0.6 is 23.2 Å². The fraction of sp³-hybridized carbons (Fsp3) is 0. The second kappa shape index (κ2) is 4.75.